The molecule has 1 aliphatic rings. The molecule has 0 saturated heterocycles. The molecule has 2 aromatic rings. The molecule has 0 radical (unpaired) electrons. The number of fused-ring (bicyclic) bond motifs is 1. The van der Waals surface area contributed by atoms with Gasteiger partial charge in [-0.15, -0.1) is 0 Å². The monoisotopic (exact) mass is 270 g/mol. The quantitative estimate of drug-likeness (QED) is 0.802. The molecular formula is C17H19FN2. The number of halogens is 1. The number of nitrogen functional groups attached to an aromatic ring is 1. The third-order valence-electron chi connectivity index (χ3n) is 4.25. The number of hydrogen-bond donors (Lipinski definition) is 1. The highest BCUT2D eigenvalue weighted by Gasteiger charge is 2.20. The Labute approximate surface area is 119 Å². The first kappa shape index (κ1) is 13.0. The first-order valence-corrected chi connectivity index (χ1v) is 6.94. The van der Waals surface area contributed by atoms with Crippen molar-refractivity contribution in [2.75, 3.05) is 17.2 Å². The van der Waals surface area contributed by atoms with Crippen LogP contribution in [0.1, 0.15) is 22.3 Å². The van der Waals surface area contributed by atoms with E-state index in [-0.39, 0.29) is 5.82 Å². The van der Waals surface area contributed by atoms with Crippen molar-refractivity contribution < 1.29 is 4.39 Å². The normalized spacial score (nSPS) is 14.2. The summed E-state index contributed by atoms with van der Waals surface area (Å²) in [7, 11) is 0. The molecule has 2 N–H and O–H groups in total. The van der Waals surface area contributed by atoms with Gasteiger partial charge in [-0.2, -0.15) is 0 Å². The van der Waals surface area contributed by atoms with Crippen LogP contribution in [0.4, 0.5) is 15.8 Å². The van der Waals surface area contributed by atoms with Crippen molar-refractivity contribution in [3.8, 4) is 0 Å². The first-order chi connectivity index (χ1) is 9.56. The summed E-state index contributed by atoms with van der Waals surface area (Å²) >= 11 is 0. The number of nitrogens with zero attached hydrogens (tertiary/aromatic N) is 1. The van der Waals surface area contributed by atoms with Crippen LogP contribution in [0.5, 0.6) is 0 Å². The van der Waals surface area contributed by atoms with Gasteiger partial charge in [0.1, 0.15) is 5.82 Å². The Bertz CT molecular complexity index is 647. The van der Waals surface area contributed by atoms with Gasteiger partial charge in [-0.1, -0.05) is 6.07 Å². The third kappa shape index (κ3) is 2.13. The molecule has 3 rings (SSSR count). The number of anilines is 2. The Hall–Kier alpha value is -2.03. The highest BCUT2D eigenvalue weighted by Crippen LogP contribution is 2.31. The summed E-state index contributed by atoms with van der Waals surface area (Å²) in [6.07, 6.45) is 1.01. The fourth-order valence-electron chi connectivity index (χ4n) is 2.97. The largest absolute Gasteiger partial charge is 0.398 e. The van der Waals surface area contributed by atoms with Gasteiger partial charge in [0, 0.05) is 24.5 Å². The zero-order valence-electron chi connectivity index (χ0n) is 11.9. The minimum Gasteiger partial charge on any atom is -0.398 e. The van der Waals surface area contributed by atoms with E-state index < -0.39 is 0 Å². The van der Waals surface area contributed by atoms with Gasteiger partial charge >= 0.3 is 0 Å². The predicted molar refractivity (Wildman–Crippen MR) is 81.5 cm³/mol. The molecule has 0 saturated carbocycles. The van der Waals surface area contributed by atoms with Gasteiger partial charge in [-0.05, 0) is 66.8 Å². The van der Waals surface area contributed by atoms with E-state index in [4.69, 9.17) is 5.73 Å². The van der Waals surface area contributed by atoms with Crippen molar-refractivity contribution in [1.29, 1.82) is 0 Å². The maximum absolute atomic E-state index is 13.0. The van der Waals surface area contributed by atoms with Crippen molar-refractivity contribution in [3.63, 3.8) is 0 Å². The van der Waals surface area contributed by atoms with E-state index in [1.54, 1.807) is 0 Å². The lowest BCUT2D eigenvalue weighted by Crippen LogP contribution is -2.31. The van der Waals surface area contributed by atoms with E-state index in [0.29, 0.717) is 0 Å². The van der Waals surface area contributed by atoms with Crippen molar-refractivity contribution in [2.24, 2.45) is 0 Å². The molecule has 104 valence electrons. The molecule has 0 aliphatic carbocycles. The summed E-state index contributed by atoms with van der Waals surface area (Å²) in [5.74, 6) is -0.192. The third-order valence-corrected chi connectivity index (χ3v) is 4.25. The molecule has 0 amide bonds. The van der Waals surface area contributed by atoms with Crippen LogP contribution in [0.3, 0.4) is 0 Å². The van der Waals surface area contributed by atoms with Crippen LogP contribution >= 0.6 is 0 Å². The summed E-state index contributed by atoms with van der Waals surface area (Å²) in [6.45, 7) is 5.96. The maximum Gasteiger partial charge on any atom is 0.123 e. The van der Waals surface area contributed by atoms with Crippen LogP contribution in [-0.4, -0.2) is 6.54 Å². The minimum atomic E-state index is -0.192. The predicted octanol–water partition coefficient (Wildman–Crippen LogP) is 3.59. The van der Waals surface area contributed by atoms with Gasteiger partial charge in [-0.3, -0.25) is 0 Å². The zero-order chi connectivity index (χ0) is 14.3. The molecule has 20 heavy (non-hydrogen) atoms. The fourth-order valence-corrected chi connectivity index (χ4v) is 2.97. The van der Waals surface area contributed by atoms with Crippen LogP contribution in [0.25, 0.3) is 0 Å². The SMILES string of the molecule is Cc1cc2c(c(C)c1N)CN(c1ccc(F)cc1)CC2. The average molecular weight is 270 g/mol. The lowest BCUT2D eigenvalue weighted by Gasteiger charge is -2.32. The summed E-state index contributed by atoms with van der Waals surface area (Å²) in [6, 6.07) is 8.92. The van der Waals surface area contributed by atoms with Crippen LogP contribution < -0.4 is 10.6 Å². The van der Waals surface area contributed by atoms with Gasteiger partial charge in [0.25, 0.3) is 0 Å². The molecule has 2 aromatic carbocycles. The van der Waals surface area contributed by atoms with Gasteiger partial charge in [0.2, 0.25) is 0 Å². The number of aryl methyl sites for hydroxylation is 1. The molecule has 0 unspecified atom stereocenters. The molecule has 1 heterocycles. The molecule has 1 aliphatic heterocycles. The average Bonchev–Trinajstić information content (AvgIpc) is 2.46. The maximum atomic E-state index is 13.0. The Morgan fingerprint density at radius 2 is 1.85 bits per heavy atom. The number of hydrogen-bond acceptors (Lipinski definition) is 2. The number of rotatable bonds is 1. The highest BCUT2D eigenvalue weighted by atomic mass is 19.1. The zero-order valence-corrected chi connectivity index (χ0v) is 11.9. The lowest BCUT2D eigenvalue weighted by atomic mass is 9.91. The van der Waals surface area contributed by atoms with Crippen LogP contribution in [-0.2, 0) is 13.0 Å². The topological polar surface area (TPSA) is 29.3 Å². The Kier molecular flexibility index (Phi) is 3.13. The highest BCUT2D eigenvalue weighted by molar-refractivity contribution is 5.61. The number of benzene rings is 2. The first-order valence-electron chi connectivity index (χ1n) is 6.94. The van der Waals surface area contributed by atoms with Gasteiger partial charge in [0.05, 0.1) is 0 Å². The summed E-state index contributed by atoms with van der Waals surface area (Å²) in [5, 5.41) is 0. The molecule has 2 nitrogen and oxygen atoms in total. The Balaban J connectivity index is 1.95. The summed E-state index contributed by atoms with van der Waals surface area (Å²) in [5.41, 5.74) is 13.2. The van der Waals surface area contributed by atoms with Crippen LogP contribution in [0.2, 0.25) is 0 Å². The lowest BCUT2D eigenvalue weighted by molar-refractivity contribution is 0.627. The molecule has 3 heteroatoms. The second kappa shape index (κ2) is 4.82. The molecule has 0 aromatic heterocycles. The molecular weight excluding hydrogens is 251 g/mol. The van der Waals surface area contributed by atoms with Crippen molar-refractivity contribution in [2.45, 2.75) is 26.8 Å². The summed E-state index contributed by atoms with van der Waals surface area (Å²) < 4.78 is 13.0. The van der Waals surface area contributed by atoms with Crippen molar-refractivity contribution in [3.05, 3.63) is 58.4 Å². The van der Waals surface area contributed by atoms with Gasteiger partial charge < -0.3 is 10.6 Å². The van der Waals surface area contributed by atoms with Crippen LogP contribution in [0, 0.1) is 19.7 Å². The van der Waals surface area contributed by atoms with E-state index in [1.165, 1.54) is 28.8 Å². The van der Waals surface area contributed by atoms with Crippen molar-refractivity contribution in [1.82, 2.24) is 0 Å². The van der Waals surface area contributed by atoms with E-state index in [0.717, 1.165) is 36.4 Å². The van der Waals surface area contributed by atoms with Gasteiger partial charge in [0.15, 0.2) is 0 Å². The van der Waals surface area contributed by atoms with E-state index in [2.05, 4.69) is 24.8 Å². The standard InChI is InChI=1S/C17H19FN2/c1-11-9-13-7-8-20(10-16(13)12(2)17(11)19)15-5-3-14(18)4-6-15/h3-6,9H,7-8,10,19H2,1-2H3. The Morgan fingerprint density at radius 3 is 2.55 bits per heavy atom. The van der Waals surface area contributed by atoms with Gasteiger partial charge in [-0.25, -0.2) is 4.39 Å². The van der Waals surface area contributed by atoms with Crippen molar-refractivity contribution >= 4 is 11.4 Å². The second-order valence-corrected chi connectivity index (χ2v) is 5.52. The summed E-state index contributed by atoms with van der Waals surface area (Å²) in [4.78, 5) is 2.28. The minimum absolute atomic E-state index is 0.192. The molecule has 0 atom stereocenters. The molecule has 0 spiro atoms. The smallest absolute Gasteiger partial charge is 0.123 e. The second-order valence-electron chi connectivity index (χ2n) is 5.52. The number of nitrogens with two attached hydrogens (primary N) is 1. The fraction of sp³-hybridized carbons (Fsp3) is 0.294. The van der Waals surface area contributed by atoms with Crippen LogP contribution in [0.15, 0.2) is 30.3 Å². The molecule has 0 bridgehead atoms. The molecule has 0 fully saturated rings. The van der Waals surface area contributed by atoms with E-state index in [9.17, 15) is 4.39 Å². The Morgan fingerprint density at radius 1 is 1.15 bits per heavy atom. The van der Waals surface area contributed by atoms with E-state index >= 15 is 0 Å². The van der Waals surface area contributed by atoms with E-state index in [1.807, 2.05) is 12.1 Å².